The molecule has 216 valence electrons. The number of carboxylic acid groups (broad SMARTS) is 2. The molecule has 0 aliphatic carbocycles. The molecular formula is C28H35N3O9. The second kappa shape index (κ2) is 15.2. The summed E-state index contributed by atoms with van der Waals surface area (Å²) in [5.74, 6) is -2.77. The quantitative estimate of drug-likeness (QED) is 0.204. The summed E-state index contributed by atoms with van der Waals surface area (Å²) >= 11 is 0. The number of aliphatic carboxylic acids is 2. The molecule has 0 saturated carbocycles. The van der Waals surface area contributed by atoms with Gasteiger partial charge < -0.3 is 35.1 Å². The van der Waals surface area contributed by atoms with Crippen molar-refractivity contribution < 1.29 is 44.0 Å². The van der Waals surface area contributed by atoms with Crippen molar-refractivity contribution in [2.45, 2.75) is 45.8 Å². The van der Waals surface area contributed by atoms with Crippen molar-refractivity contribution >= 4 is 40.3 Å². The van der Waals surface area contributed by atoms with Crippen LogP contribution in [-0.4, -0.2) is 76.5 Å². The Hall–Kier alpha value is -4.42. The molecule has 1 atom stereocenters. The topological polar surface area (TPSA) is 178 Å². The van der Waals surface area contributed by atoms with E-state index in [9.17, 15) is 9.59 Å². The molecule has 1 aliphatic rings. The van der Waals surface area contributed by atoms with Crippen molar-refractivity contribution in [3.8, 4) is 11.5 Å². The van der Waals surface area contributed by atoms with Crippen molar-refractivity contribution in [3.63, 3.8) is 0 Å². The first-order chi connectivity index (χ1) is 19.0. The number of H-pyrrole nitrogens is 1. The number of imide groups is 1. The Bertz CT molecular complexity index is 1300. The number of carbonyl (C=O) groups excluding carboxylic acids is 2. The van der Waals surface area contributed by atoms with Gasteiger partial charge in [-0.15, -0.1) is 0 Å². The van der Waals surface area contributed by atoms with Crippen LogP contribution in [0.3, 0.4) is 0 Å². The normalized spacial score (nSPS) is 14.3. The predicted octanol–water partition coefficient (Wildman–Crippen LogP) is 2.58. The molecule has 1 unspecified atom stereocenters. The lowest BCUT2D eigenvalue weighted by molar-refractivity contribution is -0.159. The van der Waals surface area contributed by atoms with E-state index in [1.165, 1.54) is 4.90 Å². The lowest BCUT2D eigenvalue weighted by Gasteiger charge is -2.18. The number of nitrogens with one attached hydrogen (secondary N) is 2. The molecule has 0 spiro atoms. The van der Waals surface area contributed by atoms with Gasteiger partial charge in [-0.2, -0.15) is 0 Å². The molecule has 1 aromatic heterocycles. The molecule has 1 saturated heterocycles. The van der Waals surface area contributed by atoms with E-state index >= 15 is 0 Å². The maximum absolute atomic E-state index is 12.9. The highest BCUT2D eigenvalue weighted by atomic mass is 16.5. The van der Waals surface area contributed by atoms with Crippen LogP contribution < -0.4 is 19.7 Å². The number of hydrogen-bond donors (Lipinski definition) is 5. The standard InChI is InChI=1S/C23H25N3O4.C3H8O.C2H2O4/c1-3-30-21-7-5-4-6-20(21)26-22(27)13-19(23(26)28)24-11-10-15-14-25-18-9-8-16(29-2)12-17(15)18;1-3(2)4;3-1(4)2(5)6/h4-9,12,14,19,24-25H,3,10-11,13H2,1-2H3;3-4H,1-2H3;(H,3,4)(H,5,6). The van der Waals surface area contributed by atoms with Crippen LogP contribution in [0, 0.1) is 0 Å². The van der Waals surface area contributed by atoms with E-state index in [0.717, 1.165) is 28.6 Å². The number of anilines is 1. The van der Waals surface area contributed by atoms with Crippen LogP contribution in [0.2, 0.25) is 0 Å². The molecule has 1 aliphatic heterocycles. The second-order valence-corrected chi connectivity index (χ2v) is 8.86. The third-order valence-corrected chi connectivity index (χ3v) is 5.50. The van der Waals surface area contributed by atoms with Crippen LogP contribution in [0.25, 0.3) is 10.9 Å². The van der Waals surface area contributed by atoms with Crippen LogP contribution in [0.1, 0.15) is 32.8 Å². The van der Waals surface area contributed by atoms with Crippen LogP contribution in [0.4, 0.5) is 5.69 Å². The molecule has 0 radical (unpaired) electrons. The molecule has 2 heterocycles. The molecule has 0 bridgehead atoms. The third-order valence-electron chi connectivity index (χ3n) is 5.50. The van der Waals surface area contributed by atoms with Crippen LogP contribution in [0.5, 0.6) is 11.5 Å². The van der Waals surface area contributed by atoms with Gasteiger partial charge in [0.2, 0.25) is 5.91 Å². The maximum atomic E-state index is 12.9. The number of aromatic amines is 1. The average molecular weight is 558 g/mol. The highest BCUT2D eigenvalue weighted by Gasteiger charge is 2.40. The zero-order valence-corrected chi connectivity index (χ0v) is 22.8. The van der Waals surface area contributed by atoms with Crippen molar-refractivity contribution in [2.75, 3.05) is 25.2 Å². The number of carboxylic acids is 2. The summed E-state index contributed by atoms with van der Waals surface area (Å²) in [6.45, 7) is 6.36. The van der Waals surface area contributed by atoms with E-state index in [2.05, 4.69) is 10.3 Å². The van der Waals surface area contributed by atoms with Crippen molar-refractivity contribution in [2.24, 2.45) is 0 Å². The van der Waals surface area contributed by atoms with Gasteiger partial charge in [0.15, 0.2) is 0 Å². The Kier molecular flexibility index (Phi) is 12.1. The number of methoxy groups -OCH3 is 1. The molecule has 3 aromatic rings. The van der Waals surface area contributed by atoms with E-state index < -0.39 is 18.0 Å². The fourth-order valence-electron chi connectivity index (χ4n) is 3.84. The Balaban J connectivity index is 0.000000482. The number of hydrogen-bond acceptors (Lipinski definition) is 8. The minimum Gasteiger partial charge on any atom is -0.497 e. The largest absolute Gasteiger partial charge is 0.497 e. The summed E-state index contributed by atoms with van der Waals surface area (Å²) in [6.07, 6.45) is 2.67. The molecule has 2 amide bonds. The van der Waals surface area contributed by atoms with Gasteiger partial charge in [-0.25, -0.2) is 14.5 Å². The fourth-order valence-corrected chi connectivity index (χ4v) is 3.84. The zero-order chi connectivity index (χ0) is 29.8. The average Bonchev–Trinajstić information content (AvgIpc) is 3.43. The van der Waals surface area contributed by atoms with E-state index in [0.29, 0.717) is 24.6 Å². The van der Waals surface area contributed by atoms with Crippen LogP contribution in [-0.2, 0) is 25.6 Å². The first-order valence-corrected chi connectivity index (χ1v) is 12.6. The molecule has 1 fully saturated rings. The SMILES string of the molecule is CC(C)O.CCOc1ccccc1N1C(=O)CC(NCCc2c[nH]c3ccc(OC)cc23)C1=O.O=C(O)C(=O)O. The summed E-state index contributed by atoms with van der Waals surface area (Å²) in [4.78, 5) is 48.2. The number of para-hydroxylation sites is 2. The highest BCUT2D eigenvalue weighted by molar-refractivity contribution is 6.27. The molecule has 40 heavy (non-hydrogen) atoms. The van der Waals surface area contributed by atoms with Gasteiger partial charge in [0.25, 0.3) is 5.91 Å². The van der Waals surface area contributed by atoms with Gasteiger partial charge in [-0.1, -0.05) is 12.1 Å². The molecule has 12 nitrogen and oxygen atoms in total. The number of rotatable bonds is 8. The molecular weight excluding hydrogens is 522 g/mol. The van der Waals surface area contributed by atoms with Crippen molar-refractivity contribution in [1.29, 1.82) is 0 Å². The number of carbonyl (C=O) groups is 4. The maximum Gasteiger partial charge on any atom is 0.414 e. The van der Waals surface area contributed by atoms with Gasteiger partial charge in [0.1, 0.15) is 11.5 Å². The fraction of sp³-hybridized carbons (Fsp3) is 0.357. The number of aliphatic hydroxyl groups is 1. The minimum absolute atomic E-state index is 0.140. The van der Waals surface area contributed by atoms with Gasteiger partial charge >= 0.3 is 11.9 Å². The summed E-state index contributed by atoms with van der Waals surface area (Å²) in [5, 5.41) is 27.2. The first kappa shape index (κ1) is 31.8. The van der Waals surface area contributed by atoms with Crippen molar-refractivity contribution in [3.05, 3.63) is 54.2 Å². The summed E-state index contributed by atoms with van der Waals surface area (Å²) in [7, 11) is 1.65. The monoisotopic (exact) mass is 557 g/mol. The Morgan fingerprint density at radius 1 is 1.12 bits per heavy atom. The van der Waals surface area contributed by atoms with Gasteiger partial charge in [-0.05, 0) is 63.1 Å². The number of benzene rings is 2. The molecule has 5 N–H and O–H groups in total. The van der Waals surface area contributed by atoms with Crippen LogP contribution in [0.15, 0.2) is 48.7 Å². The molecule has 2 aromatic carbocycles. The lowest BCUT2D eigenvalue weighted by atomic mass is 10.1. The Morgan fingerprint density at radius 2 is 1.77 bits per heavy atom. The van der Waals surface area contributed by atoms with E-state index in [-0.39, 0.29) is 24.3 Å². The lowest BCUT2D eigenvalue weighted by Crippen LogP contribution is -2.39. The smallest absolute Gasteiger partial charge is 0.414 e. The number of nitrogens with zero attached hydrogens (tertiary/aromatic N) is 1. The van der Waals surface area contributed by atoms with Gasteiger partial charge in [0.05, 0.1) is 31.9 Å². The van der Waals surface area contributed by atoms with Gasteiger partial charge in [0, 0.05) is 29.7 Å². The minimum atomic E-state index is -1.82. The zero-order valence-electron chi connectivity index (χ0n) is 22.8. The number of ether oxygens (including phenoxy) is 2. The number of amides is 2. The first-order valence-electron chi connectivity index (χ1n) is 12.6. The molecule has 4 rings (SSSR count). The van der Waals surface area contributed by atoms with E-state index in [1.807, 2.05) is 37.4 Å². The summed E-state index contributed by atoms with van der Waals surface area (Å²) in [5.41, 5.74) is 2.67. The number of fused-ring (bicyclic) bond motifs is 1. The Morgan fingerprint density at radius 3 is 2.38 bits per heavy atom. The second-order valence-electron chi connectivity index (χ2n) is 8.86. The predicted molar refractivity (Wildman–Crippen MR) is 148 cm³/mol. The van der Waals surface area contributed by atoms with Crippen molar-refractivity contribution in [1.82, 2.24) is 10.3 Å². The van der Waals surface area contributed by atoms with Gasteiger partial charge in [-0.3, -0.25) is 9.59 Å². The number of aliphatic hydroxyl groups excluding tert-OH is 1. The van der Waals surface area contributed by atoms with Crippen LogP contribution >= 0.6 is 0 Å². The highest BCUT2D eigenvalue weighted by Crippen LogP contribution is 2.32. The molecule has 12 heteroatoms. The summed E-state index contributed by atoms with van der Waals surface area (Å²) < 4.78 is 10.9. The Labute approximate surface area is 231 Å². The van der Waals surface area contributed by atoms with E-state index in [1.54, 1.807) is 39.2 Å². The number of aromatic nitrogens is 1. The summed E-state index contributed by atoms with van der Waals surface area (Å²) in [6, 6.07) is 12.5. The van der Waals surface area contributed by atoms with E-state index in [4.69, 9.17) is 34.4 Å². The third kappa shape index (κ3) is 8.82.